The summed E-state index contributed by atoms with van der Waals surface area (Å²) in [5.41, 5.74) is 0.831. The van der Waals surface area contributed by atoms with Crippen LogP contribution in [0.2, 0.25) is 0 Å². The predicted molar refractivity (Wildman–Crippen MR) is 85.2 cm³/mol. The Bertz CT molecular complexity index is 556. The number of halogens is 2. The van der Waals surface area contributed by atoms with E-state index in [-0.39, 0.29) is 19.2 Å². The van der Waals surface area contributed by atoms with Crippen molar-refractivity contribution in [3.05, 3.63) is 47.2 Å². The van der Waals surface area contributed by atoms with E-state index in [4.69, 9.17) is 4.74 Å². The molecule has 1 aromatic rings. The average molecular weight is 344 g/mol. The van der Waals surface area contributed by atoms with Crippen molar-refractivity contribution in [1.82, 2.24) is 10.6 Å². The summed E-state index contributed by atoms with van der Waals surface area (Å²) in [6.07, 6.45) is 0. The second-order valence-corrected chi connectivity index (χ2v) is 4.10. The number of amides is 2. The summed E-state index contributed by atoms with van der Waals surface area (Å²) in [5.74, 6) is -2.07. The lowest BCUT2D eigenvalue weighted by Crippen LogP contribution is -2.44. The first-order chi connectivity index (χ1) is 11.5. The summed E-state index contributed by atoms with van der Waals surface area (Å²) in [6, 6.07) is 4.70. The van der Waals surface area contributed by atoms with Crippen LogP contribution in [0.1, 0.15) is 13.8 Å². The highest BCUT2D eigenvalue weighted by molar-refractivity contribution is 5.93. The number of carbonyl (C=O) groups excluding carboxylic acids is 2. The van der Waals surface area contributed by atoms with Crippen LogP contribution in [-0.2, 0) is 14.3 Å². The minimum absolute atomic E-state index is 0.164. The quantitative estimate of drug-likeness (QED) is 0.826. The van der Waals surface area contributed by atoms with Gasteiger partial charge >= 0.3 is 12.0 Å². The minimum Gasteiger partial charge on any atom is -0.466 e. The van der Waals surface area contributed by atoms with E-state index in [9.17, 15) is 18.4 Å². The van der Waals surface area contributed by atoms with Crippen LogP contribution in [0, 0.1) is 11.6 Å². The monoisotopic (exact) mass is 344 g/mol. The van der Waals surface area contributed by atoms with Gasteiger partial charge in [0, 0.05) is 7.11 Å². The number of benzene rings is 1. The van der Waals surface area contributed by atoms with Gasteiger partial charge in [-0.15, -0.1) is 0 Å². The molecule has 2 N–H and O–H groups in total. The summed E-state index contributed by atoms with van der Waals surface area (Å²) in [7, 11) is 2.77. The van der Waals surface area contributed by atoms with Crippen molar-refractivity contribution in [2.45, 2.75) is 13.8 Å². The van der Waals surface area contributed by atoms with Crippen LogP contribution in [0.25, 0.3) is 0 Å². The zero-order valence-corrected chi connectivity index (χ0v) is 14.1. The number of urea groups is 1. The molecule has 6 nitrogen and oxygen atoms in total. The number of methoxy groups -OCH3 is 2. The molecule has 134 valence electrons. The summed E-state index contributed by atoms with van der Waals surface area (Å²) >= 11 is 0. The molecule has 0 aromatic heterocycles. The van der Waals surface area contributed by atoms with Gasteiger partial charge in [0.15, 0.2) is 11.6 Å². The van der Waals surface area contributed by atoms with E-state index in [1.165, 1.54) is 26.4 Å². The number of ether oxygens (including phenoxy) is 2. The van der Waals surface area contributed by atoms with E-state index in [0.717, 1.165) is 12.1 Å². The molecular formula is C16H22F2N2O4. The van der Waals surface area contributed by atoms with Crippen molar-refractivity contribution in [3.63, 3.8) is 0 Å². The van der Waals surface area contributed by atoms with Crippen LogP contribution in [0.4, 0.5) is 13.6 Å². The first-order valence-corrected chi connectivity index (χ1v) is 7.23. The number of hydrogen-bond acceptors (Lipinski definition) is 4. The van der Waals surface area contributed by atoms with Crippen LogP contribution >= 0.6 is 0 Å². The summed E-state index contributed by atoms with van der Waals surface area (Å²) < 4.78 is 33.3. The van der Waals surface area contributed by atoms with Gasteiger partial charge in [0.2, 0.25) is 0 Å². The lowest BCUT2D eigenvalue weighted by atomic mass is 10.2. The zero-order valence-electron chi connectivity index (χ0n) is 14.1. The van der Waals surface area contributed by atoms with Gasteiger partial charge in [-0.2, -0.15) is 0 Å². The predicted octanol–water partition coefficient (Wildman–Crippen LogP) is 2.36. The van der Waals surface area contributed by atoms with Gasteiger partial charge in [-0.25, -0.2) is 18.4 Å². The topological polar surface area (TPSA) is 76.7 Å². The summed E-state index contributed by atoms with van der Waals surface area (Å²) in [4.78, 5) is 22.2. The molecule has 24 heavy (non-hydrogen) atoms. The molecule has 0 radical (unpaired) electrons. The third kappa shape index (κ3) is 7.19. The van der Waals surface area contributed by atoms with Gasteiger partial charge in [-0.1, -0.05) is 26.0 Å². The lowest BCUT2D eigenvalue weighted by molar-refractivity contribution is -0.136. The fraction of sp³-hybridized carbons (Fsp3) is 0.375. The molecule has 0 spiro atoms. The zero-order chi connectivity index (χ0) is 18.5. The molecule has 1 heterocycles. The molecule has 0 fully saturated rings. The first kappa shape index (κ1) is 21.5. The van der Waals surface area contributed by atoms with E-state index < -0.39 is 17.6 Å². The van der Waals surface area contributed by atoms with E-state index >= 15 is 0 Å². The number of nitrogens with one attached hydrogen (secondary N) is 2. The second kappa shape index (κ2) is 12.0. The molecule has 8 heteroatoms. The Morgan fingerprint density at radius 1 is 1.17 bits per heavy atom. The third-order valence-electron chi connectivity index (χ3n) is 2.60. The van der Waals surface area contributed by atoms with E-state index in [2.05, 4.69) is 15.4 Å². The fourth-order valence-electron chi connectivity index (χ4n) is 1.56. The van der Waals surface area contributed by atoms with Crippen molar-refractivity contribution >= 4 is 12.0 Å². The molecule has 1 aliphatic rings. The van der Waals surface area contributed by atoms with Gasteiger partial charge in [0.25, 0.3) is 0 Å². The van der Waals surface area contributed by atoms with Crippen LogP contribution < -0.4 is 10.6 Å². The Labute approximate surface area is 139 Å². The molecule has 0 aliphatic carbocycles. The van der Waals surface area contributed by atoms with E-state index in [1.54, 1.807) is 0 Å². The SMILES string of the molecule is CC.COCC1=C(C(=O)OC)CNC(=O)N1.Fc1ccccc1F. The largest absolute Gasteiger partial charge is 0.466 e. The van der Waals surface area contributed by atoms with Gasteiger partial charge in [-0.05, 0) is 12.1 Å². The number of rotatable bonds is 3. The van der Waals surface area contributed by atoms with E-state index in [0.29, 0.717) is 11.3 Å². The van der Waals surface area contributed by atoms with Crippen molar-refractivity contribution < 1.29 is 27.8 Å². The van der Waals surface area contributed by atoms with E-state index in [1.807, 2.05) is 13.8 Å². The molecule has 0 saturated heterocycles. The van der Waals surface area contributed by atoms with Gasteiger partial charge in [0.1, 0.15) is 0 Å². The smallest absolute Gasteiger partial charge is 0.337 e. The highest BCUT2D eigenvalue weighted by atomic mass is 19.2. The molecule has 1 aliphatic heterocycles. The van der Waals surface area contributed by atoms with Crippen molar-refractivity contribution in [2.24, 2.45) is 0 Å². The normalized spacial score (nSPS) is 12.7. The minimum atomic E-state index is -0.799. The van der Waals surface area contributed by atoms with Crippen molar-refractivity contribution in [3.8, 4) is 0 Å². The molecule has 2 rings (SSSR count). The van der Waals surface area contributed by atoms with Crippen LogP contribution in [0.3, 0.4) is 0 Å². The molecular weight excluding hydrogens is 322 g/mol. The third-order valence-corrected chi connectivity index (χ3v) is 2.60. The molecule has 2 amide bonds. The Morgan fingerprint density at radius 3 is 2.12 bits per heavy atom. The first-order valence-electron chi connectivity index (χ1n) is 7.23. The highest BCUT2D eigenvalue weighted by Gasteiger charge is 2.22. The average Bonchev–Trinajstić information content (AvgIpc) is 2.60. The maximum absolute atomic E-state index is 11.9. The van der Waals surface area contributed by atoms with Gasteiger partial charge in [0.05, 0.1) is 31.5 Å². The van der Waals surface area contributed by atoms with Crippen LogP contribution in [0.15, 0.2) is 35.5 Å². The highest BCUT2D eigenvalue weighted by Crippen LogP contribution is 2.07. The second-order valence-electron chi connectivity index (χ2n) is 4.10. The Hall–Kier alpha value is -2.48. The molecule has 0 bridgehead atoms. The lowest BCUT2D eigenvalue weighted by Gasteiger charge is -2.20. The number of hydrogen-bond donors (Lipinski definition) is 2. The fourth-order valence-corrected chi connectivity index (χ4v) is 1.56. The Kier molecular flexibility index (Phi) is 10.8. The Morgan fingerprint density at radius 2 is 1.71 bits per heavy atom. The maximum atomic E-state index is 11.9. The van der Waals surface area contributed by atoms with Crippen LogP contribution in [0.5, 0.6) is 0 Å². The van der Waals surface area contributed by atoms with Gasteiger partial charge in [-0.3, -0.25) is 0 Å². The standard InChI is InChI=1S/C8H12N2O4.C6H4F2.C2H6/c1-13-4-6-5(7(11)14-2)3-9-8(12)10-6;7-5-3-1-2-4-6(5)8;1-2/h3-4H2,1-2H3,(H2,9,10,12);1-4H;1-2H3. The molecule has 0 atom stereocenters. The summed E-state index contributed by atoms with van der Waals surface area (Å²) in [5, 5.41) is 4.96. The number of carbonyl (C=O) groups is 2. The van der Waals surface area contributed by atoms with Crippen molar-refractivity contribution in [1.29, 1.82) is 0 Å². The maximum Gasteiger partial charge on any atom is 0.337 e. The molecule has 0 unspecified atom stereocenters. The summed E-state index contributed by atoms with van der Waals surface area (Å²) in [6.45, 7) is 4.34. The number of esters is 1. The van der Waals surface area contributed by atoms with Gasteiger partial charge < -0.3 is 20.1 Å². The van der Waals surface area contributed by atoms with Crippen molar-refractivity contribution in [2.75, 3.05) is 27.4 Å². The van der Waals surface area contributed by atoms with Crippen LogP contribution in [-0.4, -0.2) is 39.4 Å². The Balaban J connectivity index is 0.000000447. The molecule has 0 saturated carbocycles. The molecule has 1 aromatic carbocycles.